The van der Waals surface area contributed by atoms with Gasteiger partial charge in [0.25, 0.3) is 0 Å². The number of aromatic nitrogens is 4. The van der Waals surface area contributed by atoms with Gasteiger partial charge < -0.3 is 30.9 Å². The van der Waals surface area contributed by atoms with Crippen LogP contribution in [0.2, 0.25) is 0 Å². The molecule has 1 aliphatic heterocycles. The standard InChI is InChI=1S/C20H32N8O2/c1-12(2)28-11-22-16-17(23-15-7-9-27(10-8-15)20(29)30)25-19(26-18(16)28)24-14-5-3-13(21)4-6-14/h11-15H,3-10,21H2,1-2H3,(H,29,30)(H2,23,24,25,26). The van der Waals surface area contributed by atoms with E-state index >= 15 is 0 Å². The molecular weight excluding hydrogens is 384 g/mol. The number of anilines is 2. The Bertz CT molecular complexity index is 882. The molecule has 0 radical (unpaired) electrons. The van der Waals surface area contributed by atoms with Gasteiger partial charge in [0.1, 0.15) is 0 Å². The summed E-state index contributed by atoms with van der Waals surface area (Å²) < 4.78 is 2.05. The first-order valence-corrected chi connectivity index (χ1v) is 10.9. The molecule has 1 saturated carbocycles. The number of likely N-dealkylation sites (tertiary alicyclic amines) is 1. The molecule has 1 saturated heterocycles. The number of hydrogen-bond donors (Lipinski definition) is 4. The maximum Gasteiger partial charge on any atom is 0.407 e. The molecular formula is C20H32N8O2. The Morgan fingerprint density at radius 1 is 1.10 bits per heavy atom. The fraction of sp³-hybridized carbons (Fsp3) is 0.700. The second-order valence-corrected chi connectivity index (χ2v) is 8.76. The number of fused-ring (bicyclic) bond motifs is 1. The maximum absolute atomic E-state index is 11.2. The number of nitrogens with two attached hydrogens (primary N) is 1. The van der Waals surface area contributed by atoms with Crippen molar-refractivity contribution >= 4 is 29.0 Å². The topological polar surface area (TPSA) is 134 Å². The van der Waals surface area contributed by atoms with Crippen LogP contribution in [0.1, 0.15) is 58.4 Å². The van der Waals surface area contributed by atoms with Crippen LogP contribution in [0.5, 0.6) is 0 Å². The highest BCUT2D eigenvalue weighted by Crippen LogP contribution is 2.27. The van der Waals surface area contributed by atoms with Gasteiger partial charge >= 0.3 is 6.09 Å². The van der Waals surface area contributed by atoms with Crippen LogP contribution in [-0.2, 0) is 0 Å². The van der Waals surface area contributed by atoms with Crippen LogP contribution in [0, 0.1) is 0 Å². The first-order valence-electron chi connectivity index (χ1n) is 10.9. The largest absolute Gasteiger partial charge is 0.465 e. The molecule has 2 aromatic rings. The minimum absolute atomic E-state index is 0.156. The van der Waals surface area contributed by atoms with Crippen molar-refractivity contribution in [1.29, 1.82) is 0 Å². The van der Waals surface area contributed by atoms with Crippen LogP contribution in [0.25, 0.3) is 11.2 Å². The summed E-state index contributed by atoms with van der Waals surface area (Å²) in [5, 5.41) is 16.2. The van der Waals surface area contributed by atoms with Gasteiger partial charge in [-0.25, -0.2) is 9.78 Å². The van der Waals surface area contributed by atoms with Crippen LogP contribution in [0.4, 0.5) is 16.6 Å². The fourth-order valence-corrected chi connectivity index (χ4v) is 4.31. The zero-order valence-electron chi connectivity index (χ0n) is 17.7. The number of amides is 1. The summed E-state index contributed by atoms with van der Waals surface area (Å²) in [5.74, 6) is 1.32. The fourth-order valence-electron chi connectivity index (χ4n) is 4.31. The molecule has 5 N–H and O–H groups in total. The smallest absolute Gasteiger partial charge is 0.407 e. The van der Waals surface area contributed by atoms with E-state index in [9.17, 15) is 9.90 Å². The van der Waals surface area contributed by atoms with Gasteiger partial charge in [-0.2, -0.15) is 9.97 Å². The van der Waals surface area contributed by atoms with Crippen molar-refractivity contribution in [2.75, 3.05) is 23.7 Å². The first kappa shape index (κ1) is 20.6. The summed E-state index contributed by atoms with van der Waals surface area (Å²) >= 11 is 0. The van der Waals surface area contributed by atoms with Gasteiger partial charge in [-0.15, -0.1) is 0 Å². The van der Waals surface area contributed by atoms with Crippen LogP contribution in [0.15, 0.2) is 6.33 Å². The Morgan fingerprint density at radius 2 is 1.77 bits per heavy atom. The lowest BCUT2D eigenvalue weighted by Gasteiger charge is -2.31. The van der Waals surface area contributed by atoms with Gasteiger partial charge in [-0.3, -0.25) is 0 Å². The molecule has 1 amide bonds. The average molecular weight is 417 g/mol. The summed E-state index contributed by atoms with van der Waals surface area (Å²) in [5.41, 5.74) is 7.60. The van der Waals surface area contributed by atoms with Crippen LogP contribution in [-0.4, -0.2) is 66.8 Å². The van der Waals surface area contributed by atoms with E-state index in [1.807, 2.05) is 6.33 Å². The predicted octanol–water partition coefficient (Wildman–Crippen LogP) is 2.64. The summed E-state index contributed by atoms with van der Waals surface area (Å²) in [6.45, 7) is 5.26. The third kappa shape index (κ3) is 4.43. The summed E-state index contributed by atoms with van der Waals surface area (Å²) in [6.07, 6.45) is 6.50. The van der Waals surface area contributed by atoms with Crippen molar-refractivity contribution in [2.45, 2.75) is 76.5 Å². The minimum atomic E-state index is -0.854. The molecule has 3 heterocycles. The van der Waals surface area contributed by atoms with Gasteiger partial charge in [0.2, 0.25) is 5.95 Å². The number of carbonyl (C=O) groups is 1. The van der Waals surface area contributed by atoms with E-state index in [2.05, 4.69) is 34.0 Å². The van der Waals surface area contributed by atoms with Gasteiger partial charge in [0.05, 0.1) is 6.33 Å². The quantitative estimate of drug-likeness (QED) is 0.584. The van der Waals surface area contributed by atoms with Gasteiger partial charge in [-0.1, -0.05) is 0 Å². The van der Waals surface area contributed by atoms with Crippen molar-refractivity contribution in [3.8, 4) is 0 Å². The monoisotopic (exact) mass is 416 g/mol. The van der Waals surface area contributed by atoms with Crippen molar-refractivity contribution < 1.29 is 9.90 Å². The number of nitrogens with one attached hydrogen (secondary N) is 2. The molecule has 10 nitrogen and oxygen atoms in total. The molecule has 2 aromatic heterocycles. The van der Waals surface area contributed by atoms with Crippen molar-refractivity contribution in [3.05, 3.63) is 6.33 Å². The summed E-state index contributed by atoms with van der Waals surface area (Å²) in [6, 6.07) is 1.01. The second-order valence-electron chi connectivity index (χ2n) is 8.76. The van der Waals surface area contributed by atoms with Gasteiger partial charge in [0, 0.05) is 37.3 Å². The molecule has 164 valence electrons. The van der Waals surface area contributed by atoms with E-state index in [1.165, 1.54) is 4.90 Å². The average Bonchev–Trinajstić information content (AvgIpc) is 3.15. The summed E-state index contributed by atoms with van der Waals surface area (Å²) in [4.78, 5) is 26.7. The molecule has 0 aromatic carbocycles. The Hall–Kier alpha value is -2.62. The predicted molar refractivity (Wildman–Crippen MR) is 116 cm³/mol. The lowest BCUT2D eigenvalue weighted by Crippen LogP contribution is -2.41. The maximum atomic E-state index is 11.2. The van der Waals surface area contributed by atoms with Crippen LogP contribution < -0.4 is 16.4 Å². The normalized spacial score (nSPS) is 23.1. The second kappa shape index (κ2) is 8.63. The SMILES string of the molecule is CC(C)n1cnc2c(NC3CCN(C(=O)O)CC3)nc(NC3CCC(N)CC3)nc21. The zero-order chi connectivity index (χ0) is 21.3. The molecule has 2 fully saturated rings. The number of carboxylic acid groups (broad SMARTS) is 1. The number of hydrogen-bond acceptors (Lipinski definition) is 7. The van der Waals surface area contributed by atoms with Crippen molar-refractivity contribution in [2.24, 2.45) is 5.73 Å². The molecule has 0 bridgehead atoms. The third-order valence-corrected chi connectivity index (χ3v) is 6.19. The molecule has 0 spiro atoms. The van der Waals surface area contributed by atoms with E-state index in [0.29, 0.717) is 36.9 Å². The van der Waals surface area contributed by atoms with Crippen molar-refractivity contribution in [1.82, 2.24) is 24.4 Å². The Morgan fingerprint density at radius 3 is 2.40 bits per heavy atom. The third-order valence-electron chi connectivity index (χ3n) is 6.19. The minimum Gasteiger partial charge on any atom is -0.465 e. The molecule has 0 atom stereocenters. The number of rotatable bonds is 5. The Kier molecular flexibility index (Phi) is 5.94. The highest BCUT2D eigenvalue weighted by atomic mass is 16.4. The molecule has 30 heavy (non-hydrogen) atoms. The van der Waals surface area contributed by atoms with E-state index < -0.39 is 6.09 Å². The van der Waals surface area contributed by atoms with E-state index in [0.717, 1.165) is 49.7 Å². The lowest BCUT2D eigenvalue weighted by atomic mass is 9.92. The van der Waals surface area contributed by atoms with E-state index in [1.54, 1.807) is 0 Å². The highest BCUT2D eigenvalue weighted by Gasteiger charge is 2.25. The molecule has 0 unspecified atom stereocenters. The van der Waals surface area contributed by atoms with Gasteiger partial charge in [-0.05, 0) is 52.4 Å². The number of piperidine rings is 1. The molecule has 2 aliphatic rings. The van der Waals surface area contributed by atoms with E-state index in [4.69, 9.17) is 15.7 Å². The lowest BCUT2D eigenvalue weighted by molar-refractivity contribution is 0.134. The molecule has 4 rings (SSSR count). The van der Waals surface area contributed by atoms with Crippen molar-refractivity contribution in [3.63, 3.8) is 0 Å². The molecule has 1 aliphatic carbocycles. The van der Waals surface area contributed by atoms with Gasteiger partial charge in [0.15, 0.2) is 17.0 Å². The first-order chi connectivity index (χ1) is 14.4. The number of nitrogens with zero attached hydrogens (tertiary/aromatic N) is 5. The zero-order valence-corrected chi connectivity index (χ0v) is 17.7. The Balaban J connectivity index is 1.57. The highest BCUT2D eigenvalue weighted by molar-refractivity contribution is 5.84. The number of imidazole rings is 1. The van der Waals surface area contributed by atoms with E-state index in [-0.39, 0.29) is 12.1 Å². The summed E-state index contributed by atoms with van der Waals surface area (Å²) in [7, 11) is 0. The Labute approximate surface area is 176 Å². The van der Waals surface area contributed by atoms with Crippen LogP contribution >= 0.6 is 0 Å². The molecule has 10 heteroatoms. The van der Waals surface area contributed by atoms with Crippen LogP contribution in [0.3, 0.4) is 0 Å².